The van der Waals surface area contributed by atoms with E-state index in [-0.39, 0.29) is 5.54 Å². The minimum absolute atomic E-state index is 0.160. The van der Waals surface area contributed by atoms with Crippen molar-refractivity contribution in [3.8, 4) is 0 Å². The number of hydrogen-bond acceptors (Lipinski definition) is 2. The van der Waals surface area contributed by atoms with Gasteiger partial charge in [-0.25, -0.2) is 0 Å². The average Bonchev–Trinajstić information content (AvgIpc) is 2.51. The van der Waals surface area contributed by atoms with Crippen LogP contribution in [0.25, 0.3) is 0 Å². The topological polar surface area (TPSA) is 29.3 Å². The number of likely N-dealkylation sites (tertiary alicyclic amines) is 1. The van der Waals surface area contributed by atoms with E-state index in [1.54, 1.807) is 0 Å². The lowest BCUT2D eigenvalue weighted by Gasteiger charge is -2.31. The zero-order chi connectivity index (χ0) is 10.7. The average molecular weight is 210 g/mol. The van der Waals surface area contributed by atoms with Crippen LogP contribution in [0.4, 0.5) is 0 Å². The molecular weight excluding hydrogens is 184 g/mol. The summed E-state index contributed by atoms with van der Waals surface area (Å²) in [4.78, 5) is 2.62. The maximum absolute atomic E-state index is 6.43. The van der Waals surface area contributed by atoms with Crippen molar-refractivity contribution in [2.45, 2.75) is 57.4 Å². The van der Waals surface area contributed by atoms with Crippen molar-refractivity contribution < 1.29 is 0 Å². The van der Waals surface area contributed by atoms with Crippen molar-refractivity contribution in [2.75, 3.05) is 19.6 Å². The zero-order valence-corrected chi connectivity index (χ0v) is 10.2. The zero-order valence-electron chi connectivity index (χ0n) is 10.2. The monoisotopic (exact) mass is 210 g/mol. The first-order chi connectivity index (χ1) is 7.18. The van der Waals surface area contributed by atoms with Crippen LogP contribution in [0.2, 0.25) is 0 Å². The number of hydrogen-bond donors (Lipinski definition) is 1. The standard InChI is InChI=1S/C13H26N2/c1-12-5-4-9-15(10-6-12)11-13(14)7-2-3-8-13/h12H,2-11,14H2,1H3. The minimum Gasteiger partial charge on any atom is -0.324 e. The Hall–Kier alpha value is -0.0800. The highest BCUT2D eigenvalue weighted by atomic mass is 15.1. The van der Waals surface area contributed by atoms with Crippen LogP contribution in [0.15, 0.2) is 0 Å². The van der Waals surface area contributed by atoms with E-state index in [4.69, 9.17) is 5.73 Å². The Balaban J connectivity index is 1.82. The van der Waals surface area contributed by atoms with Gasteiger partial charge in [-0.05, 0) is 51.1 Å². The predicted octanol–water partition coefficient (Wildman–Crippen LogP) is 2.38. The fraction of sp³-hybridized carbons (Fsp3) is 1.00. The smallest absolute Gasteiger partial charge is 0.0283 e. The number of rotatable bonds is 2. The van der Waals surface area contributed by atoms with Crippen molar-refractivity contribution in [1.82, 2.24) is 4.90 Å². The molecule has 0 aromatic rings. The van der Waals surface area contributed by atoms with Gasteiger partial charge >= 0.3 is 0 Å². The Morgan fingerprint density at radius 1 is 1.13 bits per heavy atom. The first kappa shape index (κ1) is 11.4. The lowest BCUT2D eigenvalue weighted by molar-refractivity contribution is 0.214. The Kier molecular flexibility index (Phi) is 3.68. The van der Waals surface area contributed by atoms with Crippen LogP contribution in [0.5, 0.6) is 0 Å². The van der Waals surface area contributed by atoms with Gasteiger partial charge in [-0.1, -0.05) is 19.8 Å². The van der Waals surface area contributed by atoms with Crippen LogP contribution < -0.4 is 5.73 Å². The summed E-state index contributed by atoms with van der Waals surface area (Å²) >= 11 is 0. The maximum atomic E-state index is 6.43. The minimum atomic E-state index is 0.160. The number of nitrogens with two attached hydrogens (primary N) is 1. The molecule has 0 amide bonds. The third-order valence-corrected chi connectivity index (χ3v) is 4.25. The molecule has 0 radical (unpaired) electrons. The molecule has 1 saturated carbocycles. The van der Waals surface area contributed by atoms with Crippen LogP contribution in [-0.2, 0) is 0 Å². The van der Waals surface area contributed by atoms with E-state index >= 15 is 0 Å². The summed E-state index contributed by atoms with van der Waals surface area (Å²) in [5.74, 6) is 0.923. The maximum Gasteiger partial charge on any atom is 0.0283 e. The second-order valence-electron chi connectivity index (χ2n) is 5.88. The molecule has 0 aromatic carbocycles. The molecule has 1 aliphatic heterocycles. The molecule has 2 rings (SSSR count). The van der Waals surface area contributed by atoms with E-state index < -0.39 is 0 Å². The fourth-order valence-corrected chi connectivity index (χ4v) is 3.16. The predicted molar refractivity (Wildman–Crippen MR) is 64.8 cm³/mol. The third-order valence-electron chi connectivity index (χ3n) is 4.25. The van der Waals surface area contributed by atoms with Gasteiger partial charge in [0, 0.05) is 12.1 Å². The molecule has 2 heteroatoms. The normalized spacial score (nSPS) is 32.8. The molecular formula is C13H26N2. The molecule has 0 aromatic heterocycles. The molecule has 1 aliphatic carbocycles. The second-order valence-corrected chi connectivity index (χ2v) is 5.88. The van der Waals surface area contributed by atoms with Gasteiger partial charge in [-0.3, -0.25) is 0 Å². The largest absolute Gasteiger partial charge is 0.324 e. The van der Waals surface area contributed by atoms with E-state index in [1.165, 1.54) is 58.0 Å². The van der Waals surface area contributed by atoms with Crippen LogP contribution in [0.1, 0.15) is 51.9 Å². The molecule has 1 atom stereocenters. The van der Waals surface area contributed by atoms with Crippen molar-refractivity contribution in [3.05, 3.63) is 0 Å². The molecule has 0 bridgehead atoms. The lowest BCUT2D eigenvalue weighted by Crippen LogP contribution is -2.48. The highest BCUT2D eigenvalue weighted by molar-refractivity contribution is 4.92. The molecule has 88 valence electrons. The van der Waals surface area contributed by atoms with E-state index in [0.717, 1.165) is 12.5 Å². The van der Waals surface area contributed by atoms with Gasteiger partial charge in [0.1, 0.15) is 0 Å². The Morgan fingerprint density at radius 3 is 2.60 bits per heavy atom. The van der Waals surface area contributed by atoms with Gasteiger partial charge in [0.15, 0.2) is 0 Å². The molecule has 1 heterocycles. The van der Waals surface area contributed by atoms with Gasteiger partial charge in [0.05, 0.1) is 0 Å². The van der Waals surface area contributed by atoms with Gasteiger partial charge in [0.25, 0.3) is 0 Å². The summed E-state index contributed by atoms with van der Waals surface area (Å²) in [5, 5.41) is 0. The quantitative estimate of drug-likeness (QED) is 0.758. The van der Waals surface area contributed by atoms with Gasteiger partial charge in [-0.15, -0.1) is 0 Å². The SMILES string of the molecule is CC1CCCN(CC2(N)CCCC2)CC1. The summed E-state index contributed by atoms with van der Waals surface area (Å²) < 4.78 is 0. The Labute approximate surface area is 94.2 Å². The van der Waals surface area contributed by atoms with Crippen LogP contribution in [-0.4, -0.2) is 30.1 Å². The lowest BCUT2D eigenvalue weighted by atomic mass is 9.98. The molecule has 15 heavy (non-hydrogen) atoms. The molecule has 2 fully saturated rings. The van der Waals surface area contributed by atoms with Crippen molar-refractivity contribution in [1.29, 1.82) is 0 Å². The molecule has 0 spiro atoms. The van der Waals surface area contributed by atoms with Gasteiger partial charge < -0.3 is 10.6 Å². The summed E-state index contributed by atoms with van der Waals surface area (Å²) in [7, 11) is 0. The van der Waals surface area contributed by atoms with Crippen molar-refractivity contribution in [3.63, 3.8) is 0 Å². The summed E-state index contributed by atoms with van der Waals surface area (Å²) in [6.07, 6.45) is 9.35. The van der Waals surface area contributed by atoms with E-state index in [0.29, 0.717) is 0 Å². The third kappa shape index (κ3) is 3.18. The molecule has 2 aliphatic rings. The Bertz CT molecular complexity index is 197. The van der Waals surface area contributed by atoms with Gasteiger partial charge in [0.2, 0.25) is 0 Å². The fourth-order valence-electron chi connectivity index (χ4n) is 3.16. The first-order valence-corrected chi connectivity index (χ1v) is 6.69. The van der Waals surface area contributed by atoms with Crippen LogP contribution >= 0.6 is 0 Å². The summed E-state index contributed by atoms with van der Waals surface area (Å²) in [6, 6.07) is 0. The summed E-state index contributed by atoms with van der Waals surface area (Å²) in [5.41, 5.74) is 6.59. The Morgan fingerprint density at radius 2 is 1.87 bits per heavy atom. The molecule has 1 unspecified atom stereocenters. The van der Waals surface area contributed by atoms with E-state index in [1.807, 2.05) is 0 Å². The summed E-state index contributed by atoms with van der Waals surface area (Å²) in [6.45, 7) is 6.10. The van der Waals surface area contributed by atoms with Crippen LogP contribution in [0.3, 0.4) is 0 Å². The molecule has 1 saturated heterocycles. The molecule has 2 nitrogen and oxygen atoms in total. The second kappa shape index (κ2) is 4.84. The first-order valence-electron chi connectivity index (χ1n) is 6.69. The van der Waals surface area contributed by atoms with E-state index in [9.17, 15) is 0 Å². The highest BCUT2D eigenvalue weighted by Crippen LogP contribution is 2.29. The van der Waals surface area contributed by atoms with Crippen molar-refractivity contribution >= 4 is 0 Å². The van der Waals surface area contributed by atoms with Gasteiger partial charge in [-0.2, -0.15) is 0 Å². The van der Waals surface area contributed by atoms with Crippen molar-refractivity contribution in [2.24, 2.45) is 11.7 Å². The highest BCUT2D eigenvalue weighted by Gasteiger charge is 2.31. The number of nitrogens with zero attached hydrogens (tertiary/aromatic N) is 1. The molecule has 2 N–H and O–H groups in total. The van der Waals surface area contributed by atoms with Crippen LogP contribution in [0, 0.1) is 5.92 Å². The van der Waals surface area contributed by atoms with E-state index in [2.05, 4.69) is 11.8 Å².